The molecule has 0 aliphatic carbocycles. The number of rotatable bonds is 3. The maximum atomic E-state index is 11.9. The number of nitrogens with one attached hydrogen (secondary N) is 1. The van der Waals surface area contributed by atoms with Crippen molar-refractivity contribution in [2.45, 2.75) is 27.7 Å². The van der Waals surface area contributed by atoms with Gasteiger partial charge >= 0.3 is 0 Å². The van der Waals surface area contributed by atoms with Gasteiger partial charge in [0.2, 0.25) is 0 Å². The molecule has 0 aliphatic rings. The molecule has 1 atom stereocenters. The molecule has 1 unspecified atom stereocenters. The molecule has 1 heterocycles. The minimum absolute atomic E-state index is 0.0692. The lowest BCUT2D eigenvalue weighted by Crippen LogP contribution is -2.34. The number of carbonyl (C=O) groups is 1. The lowest BCUT2D eigenvalue weighted by atomic mass is 9.82. The van der Waals surface area contributed by atoms with Crippen LogP contribution in [0.4, 0.5) is 5.69 Å². The van der Waals surface area contributed by atoms with E-state index in [1.165, 1.54) is 0 Å². The summed E-state index contributed by atoms with van der Waals surface area (Å²) in [7, 11) is 1.82. The van der Waals surface area contributed by atoms with Crippen molar-refractivity contribution < 1.29 is 4.79 Å². The van der Waals surface area contributed by atoms with Gasteiger partial charge in [-0.05, 0) is 17.4 Å². The maximum absolute atomic E-state index is 11.9. The second-order valence-electron chi connectivity index (χ2n) is 5.75. The molecule has 1 rings (SSSR count). The quantitative estimate of drug-likeness (QED) is 0.845. The van der Waals surface area contributed by atoms with Crippen LogP contribution in [-0.2, 0) is 7.05 Å². The Bertz CT molecular complexity index is 401. The van der Waals surface area contributed by atoms with Gasteiger partial charge in [-0.1, -0.05) is 27.7 Å². The summed E-state index contributed by atoms with van der Waals surface area (Å²) in [5.41, 5.74) is 7.05. The molecule has 0 aromatic carbocycles. The highest BCUT2D eigenvalue weighted by atomic mass is 16.1. The van der Waals surface area contributed by atoms with E-state index in [4.69, 9.17) is 5.73 Å². The zero-order valence-electron chi connectivity index (χ0n) is 11.4. The Morgan fingerprint density at radius 1 is 1.53 bits per heavy atom. The van der Waals surface area contributed by atoms with E-state index in [0.717, 1.165) is 0 Å². The molecule has 0 fully saturated rings. The van der Waals surface area contributed by atoms with Crippen molar-refractivity contribution in [2.75, 3.05) is 12.3 Å². The minimum atomic E-state index is -0.0692. The van der Waals surface area contributed by atoms with Crippen molar-refractivity contribution in [1.82, 2.24) is 9.88 Å². The Balaban J connectivity index is 2.60. The van der Waals surface area contributed by atoms with Gasteiger partial charge in [-0.25, -0.2) is 0 Å². The van der Waals surface area contributed by atoms with Crippen molar-refractivity contribution >= 4 is 11.6 Å². The summed E-state index contributed by atoms with van der Waals surface area (Å²) in [5, 5.41) is 2.94. The second-order valence-corrected chi connectivity index (χ2v) is 5.75. The topological polar surface area (TPSA) is 60.1 Å². The van der Waals surface area contributed by atoms with E-state index in [9.17, 15) is 4.79 Å². The second kappa shape index (κ2) is 4.82. The summed E-state index contributed by atoms with van der Waals surface area (Å²) in [6, 6.07) is 1.69. The molecule has 0 bridgehead atoms. The number of carbonyl (C=O) groups excluding carboxylic acids is 1. The van der Waals surface area contributed by atoms with Gasteiger partial charge in [0.05, 0.1) is 5.69 Å². The summed E-state index contributed by atoms with van der Waals surface area (Å²) in [6.07, 6.45) is 1.74. The zero-order chi connectivity index (χ0) is 13.2. The molecule has 3 N–H and O–H groups in total. The summed E-state index contributed by atoms with van der Waals surface area (Å²) >= 11 is 0. The summed E-state index contributed by atoms with van der Waals surface area (Å²) in [4.78, 5) is 11.9. The first kappa shape index (κ1) is 13.6. The fourth-order valence-corrected chi connectivity index (χ4v) is 1.46. The SMILES string of the molecule is CC(CNC(=O)c1cc(N)cn1C)C(C)(C)C. The van der Waals surface area contributed by atoms with Crippen LogP contribution in [0, 0.1) is 11.3 Å². The van der Waals surface area contributed by atoms with Gasteiger partial charge in [0.15, 0.2) is 0 Å². The lowest BCUT2D eigenvalue weighted by molar-refractivity contribution is 0.0929. The van der Waals surface area contributed by atoms with Crippen LogP contribution in [0.5, 0.6) is 0 Å². The fourth-order valence-electron chi connectivity index (χ4n) is 1.46. The first-order valence-corrected chi connectivity index (χ1v) is 5.92. The molecule has 96 valence electrons. The van der Waals surface area contributed by atoms with Gasteiger partial charge in [0.1, 0.15) is 5.69 Å². The summed E-state index contributed by atoms with van der Waals surface area (Å²) < 4.78 is 1.74. The van der Waals surface area contributed by atoms with Crippen LogP contribution in [-0.4, -0.2) is 17.0 Å². The highest BCUT2D eigenvalue weighted by molar-refractivity contribution is 5.93. The Hall–Kier alpha value is -1.45. The molecular formula is C13H23N3O. The Labute approximate surface area is 103 Å². The number of nitrogen functional groups attached to an aromatic ring is 1. The van der Waals surface area contributed by atoms with E-state index >= 15 is 0 Å². The first-order valence-electron chi connectivity index (χ1n) is 5.92. The van der Waals surface area contributed by atoms with Crippen LogP contribution in [0.3, 0.4) is 0 Å². The van der Waals surface area contributed by atoms with Gasteiger partial charge in [0, 0.05) is 19.8 Å². The van der Waals surface area contributed by atoms with Gasteiger partial charge < -0.3 is 15.6 Å². The average molecular weight is 237 g/mol. The van der Waals surface area contributed by atoms with Gasteiger partial charge in [-0.2, -0.15) is 0 Å². The summed E-state index contributed by atoms with van der Waals surface area (Å²) in [5.74, 6) is 0.351. The van der Waals surface area contributed by atoms with Crippen LogP contribution in [0.2, 0.25) is 0 Å². The van der Waals surface area contributed by atoms with E-state index < -0.39 is 0 Å². The predicted molar refractivity (Wildman–Crippen MR) is 70.8 cm³/mol. The van der Waals surface area contributed by atoms with Crippen molar-refractivity contribution in [3.05, 3.63) is 18.0 Å². The predicted octanol–water partition coefficient (Wildman–Crippen LogP) is 2.02. The zero-order valence-corrected chi connectivity index (χ0v) is 11.4. The number of nitrogens with two attached hydrogens (primary N) is 1. The number of aryl methyl sites for hydroxylation is 1. The maximum Gasteiger partial charge on any atom is 0.267 e. The molecule has 4 heteroatoms. The van der Waals surface area contributed by atoms with E-state index in [1.807, 2.05) is 7.05 Å². The van der Waals surface area contributed by atoms with E-state index in [2.05, 4.69) is 33.0 Å². The van der Waals surface area contributed by atoms with Crippen molar-refractivity contribution in [2.24, 2.45) is 18.4 Å². The molecule has 1 aromatic heterocycles. The van der Waals surface area contributed by atoms with Gasteiger partial charge in [-0.3, -0.25) is 4.79 Å². The Morgan fingerprint density at radius 3 is 2.53 bits per heavy atom. The first-order chi connectivity index (χ1) is 7.71. The van der Waals surface area contributed by atoms with Crippen LogP contribution < -0.4 is 11.1 Å². The molecule has 0 radical (unpaired) electrons. The van der Waals surface area contributed by atoms with Gasteiger partial charge in [-0.15, -0.1) is 0 Å². The number of hydrogen-bond donors (Lipinski definition) is 2. The third-order valence-electron chi connectivity index (χ3n) is 3.31. The fraction of sp³-hybridized carbons (Fsp3) is 0.615. The smallest absolute Gasteiger partial charge is 0.267 e. The largest absolute Gasteiger partial charge is 0.397 e. The number of nitrogens with zero attached hydrogens (tertiary/aromatic N) is 1. The molecule has 1 amide bonds. The highest BCUT2D eigenvalue weighted by Crippen LogP contribution is 2.24. The standard InChI is InChI=1S/C13H23N3O/c1-9(13(2,3)4)7-15-12(17)11-6-10(14)8-16(11)5/h6,8-9H,7,14H2,1-5H3,(H,15,17). The Kier molecular flexibility index (Phi) is 3.86. The third-order valence-corrected chi connectivity index (χ3v) is 3.31. The molecule has 0 spiro atoms. The molecule has 0 aliphatic heterocycles. The Morgan fingerprint density at radius 2 is 2.12 bits per heavy atom. The summed E-state index contributed by atoms with van der Waals surface area (Å²) in [6.45, 7) is 9.33. The normalized spacial score (nSPS) is 13.5. The number of amides is 1. The van der Waals surface area contributed by atoms with Gasteiger partial charge in [0.25, 0.3) is 5.91 Å². The lowest BCUT2D eigenvalue weighted by Gasteiger charge is -2.27. The monoisotopic (exact) mass is 237 g/mol. The molecule has 1 aromatic rings. The molecule has 0 saturated carbocycles. The van der Waals surface area contributed by atoms with Crippen molar-refractivity contribution in [3.63, 3.8) is 0 Å². The van der Waals surface area contributed by atoms with E-state index in [0.29, 0.717) is 23.8 Å². The highest BCUT2D eigenvalue weighted by Gasteiger charge is 2.21. The van der Waals surface area contributed by atoms with Crippen LogP contribution >= 0.6 is 0 Å². The number of anilines is 1. The molecule has 0 saturated heterocycles. The van der Waals surface area contributed by atoms with Crippen LogP contribution in [0.1, 0.15) is 38.2 Å². The van der Waals surface area contributed by atoms with Crippen molar-refractivity contribution in [1.29, 1.82) is 0 Å². The molecule has 17 heavy (non-hydrogen) atoms. The van der Waals surface area contributed by atoms with E-state index in [-0.39, 0.29) is 11.3 Å². The minimum Gasteiger partial charge on any atom is -0.397 e. The van der Waals surface area contributed by atoms with Crippen LogP contribution in [0.15, 0.2) is 12.3 Å². The third kappa shape index (κ3) is 3.51. The average Bonchev–Trinajstić information content (AvgIpc) is 2.52. The molecule has 4 nitrogen and oxygen atoms in total. The van der Waals surface area contributed by atoms with Crippen LogP contribution in [0.25, 0.3) is 0 Å². The number of hydrogen-bond acceptors (Lipinski definition) is 2. The van der Waals surface area contributed by atoms with Crippen molar-refractivity contribution in [3.8, 4) is 0 Å². The number of aromatic nitrogens is 1. The van der Waals surface area contributed by atoms with E-state index in [1.54, 1.807) is 16.8 Å². The molecular weight excluding hydrogens is 214 g/mol.